The highest BCUT2D eigenvalue weighted by Gasteiger charge is 2.28. The number of carbonyl (C=O) groups excluding carboxylic acids is 1. The molecule has 0 aliphatic rings. The fourth-order valence-corrected chi connectivity index (χ4v) is 4.85. The van der Waals surface area contributed by atoms with Crippen molar-refractivity contribution < 1.29 is 4.79 Å². The maximum Gasteiger partial charge on any atom is 0.192 e. The molecule has 0 aliphatic carbocycles. The van der Waals surface area contributed by atoms with Gasteiger partial charge in [-0.25, -0.2) is 0 Å². The fourth-order valence-electron chi connectivity index (χ4n) is 1.34. The number of halogens is 4. The Bertz CT molecular complexity index is 567. The Kier molecular flexibility index (Phi) is 5.31. The molecule has 96 valence electrons. The number of alkyl halides is 2. The number of Topliss-reactive ketones (excluding diaryl/α,β-unsaturated/α-hetero) is 1. The second kappa shape index (κ2) is 6.37. The number of ketones is 1. The fraction of sp³-hybridized carbons (Fsp3) is 0.182. The van der Waals surface area contributed by atoms with Crippen LogP contribution in [0.2, 0.25) is 0 Å². The summed E-state index contributed by atoms with van der Waals surface area (Å²) >= 11 is 21.9. The molecule has 0 radical (unpaired) electrons. The third-order valence-corrected chi connectivity index (χ3v) is 6.73. The molecule has 0 bridgehead atoms. The van der Waals surface area contributed by atoms with Crippen LogP contribution in [0.5, 0.6) is 0 Å². The lowest BCUT2D eigenvalue weighted by Gasteiger charge is -2.12. The summed E-state index contributed by atoms with van der Waals surface area (Å²) in [5.74, 6) is -0.142. The molecule has 2 atom stereocenters. The summed E-state index contributed by atoms with van der Waals surface area (Å²) in [4.78, 5) is 13.6. The lowest BCUT2D eigenvalue weighted by Crippen LogP contribution is -2.18. The zero-order valence-electron chi connectivity index (χ0n) is 8.70. The van der Waals surface area contributed by atoms with Gasteiger partial charge in [0.1, 0.15) is 5.38 Å². The molecule has 0 unspecified atom stereocenters. The predicted molar refractivity (Wildman–Crippen MR) is 86.6 cm³/mol. The first-order chi connectivity index (χ1) is 8.49. The van der Waals surface area contributed by atoms with Crippen molar-refractivity contribution in [2.45, 2.75) is 10.8 Å². The Balaban J connectivity index is 2.16. The summed E-state index contributed by atoms with van der Waals surface area (Å²) in [5, 5.41) is -1.28. The van der Waals surface area contributed by atoms with Gasteiger partial charge in [-0.05, 0) is 56.1 Å². The average Bonchev–Trinajstić information content (AvgIpc) is 2.95. The summed E-state index contributed by atoms with van der Waals surface area (Å²) in [6.07, 6.45) is 0. The van der Waals surface area contributed by atoms with Gasteiger partial charge in [0.25, 0.3) is 0 Å². The molecule has 0 aromatic carbocycles. The van der Waals surface area contributed by atoms with E-state index in [1.165, 1.54) is 22.7 Å². The van der Waals surface area contributed by atoms with E-state index < -0.39 is 10.8 Å². The quantitative estimate of drug-likeness (QED) is 0.407. The SMILES string of the molecule is O=C(c1ccc(Br)s1)[C@@H](Cl)[C@@H](Cl)c1ccc(Br)s1. The first-order valence-corrected chi connectivity index (χ1v) is 8.91. The van der Waals surface area contributed by atoms with Crippen LogP contribution in [0, 0.1) is 0 Å². The van der Waals surface area contributed by atoms with Gasteiger partial charge >= 0.3 is 0 Å². The van der Waals surface area contributed by atoms with Gasteiger partial charge in [0.15, 0.2) is 5.78 Å². The topological polar surface area (TPSA) is 17.1 Å². The number of rotatable bonds is 4. The first-order valence-electron chi connectivity index (χ1n) is 4.82. The molecule has 0 amide bonds. The molecule has 0 saturated carbocycles. The van der Waals surface area contributed by atoms with Crippen LogP contribution in [0.25, 0.3) is 0 Å². The molecular weight excluding hydrogens is 443 g/mol. The van der Waals surface area contributed by atoms with Gasteiger partial charge in [-0.1, -0.05) is 0 Å². The van der Waals surface area contributed by atoms with Gasteiger partial charge in [-0.3, -0.25) is 4.79 Å². The molecule has 1 nitrogen and oxygen atoms in total. The molecule has 2 aromatic heterocycles. The van der Waals surface area contributed by atoms with Crippen molar-refractivity contribution in [3.05, 3.63) is 41.6 Å². The summed E-state index contributed by atoms with van der Waals surface area (Å²) in [6, 6.07) is 7.34. The second-order valence-corrected chi connectivity index (χ2v) is 9.31. The Morgan fingerprint density at radius 3 is 2.17 bits per heavy atom. The van der Waals surface area contributed by atoms with Crippen LogP contribution in [-0.4, -0.2) is 11.2 Å². The lowest BCUT2D eigenvalue weighted by atomic mass is 10.1. The lowest BCUT2D eigenvalue weighted by molar-refractivity contribution is 0.0989. The molecule has 18 heavy (non-hydrogen) atoms. The van der Waals surface area contributed by atoms with Gasteiger partial charge in [0.05, 0.1) is 17.8 Å². The van der Waals surface area contributed by atoms with Crippen molar-refractivity contribution in [2.75, 3.05) is 0 Å². The van der Waals surface area contributed by atoms with Crippen molar-refractivity contribution in [2.24, 2.45) is 0 Å². The van der Waals surface area contributed by atoms with Crippen LogP contribution in [0.1, 0.15) is 19.9 Å². The highest BCUT2D eigenvalue weighted by Crippen LogP contribution is 2.37. The Labute approximate surface area is 139 Å². The van der Waals surface area contributed by atoms with Crippen molar-refractivity contribution in [3.8, 4) is 0 Å². The molecule has 2 rings (SSSR count). The van der Waals surface area contributed by atoms with E-state index >= 15 is 0 Å². The Morgan fingerprint density at radius 1 is 1.06 bits per heavy atom. The number of carbonyl (C=O) groups is 1. The second-order valence-electron chi connectivity index (χ2n) is 3.41. The van der Waals surface area contributed by atoms with E-state index in [1.54, 1.807) is 6.07 Å². The van der Waals surface area contributed by atoms with Crippen LogP contribution in [-0.2, 0) is 0 Å². The number of hydrogen-bond donors (Lipinski definition) is 0. The summed E-state index contributed by atoms with van der Waals surface area (Å²) in [7, 11) is 0. The zero-order chi connectivity index (χ0) is 13.3. The van der Waals surface area contributed by atoms with Gasteiger partial charge in [-0.2, -0.15) is 0 Å². The molecule has 0 N–H and O–H groups in total. The van der Waals surface area contributed by atoms with Crippen LogP contribution in [0.4, 0.5) is 0 Å². The van der Waals surface area contributed by atoms with Crippen LogP contribution >= 0.6 is 77.7 Å². The Morgan fingerprint density at radius 2 is 1.67 bits per heavy atom. The van der Waals surface area contributed by atoms with E-state index in [4.69, 9.17) is 23.2 Å². The standard InChI is InChI=1S/C11H6Br2Cl2OS2/c12-7-3-1-5(17-7)9(14)10(15)11(16)6-2-4-8(13)18-6/h1-4,9-10H/t9-,10-/m0/s1. The maximum atomic E-state index is 12.1. The smallest absolute Gasteiger partial charge is 0.192 e. The van der Waals surface area contributed by atoms with Gasteiger partial charge in [0.2, 0.25) is 0 Å². The van der Waals surface area contributed by atoms with E-state index in [2.05, 4.69) is 31.9 Å². The van der Waals surface area contributed by atoms with Crippen molar-refractivity contribution in [1.82, 2.24) is 0 Å². The molecule has 0 aliphatic heterocycles. The van der Waals surface area contributed by atoms with Crippen molar-refractivity contribution in [1.29, 1.82) is 0 Å². The van der Waals surface area contributed by atoms with E-state index in [0.29, 0.717) is 4.88 Å². The molecule has 0 fully saturated rings. The Hall–Kier alpha value is 0.610. The molecule has 7 heteroatoms. The summed E-state index contributed by atoms with van der Waals surface area (Å²) in [5.41, 5.74) is 0. The summed E-state index contributed by atoms with van der Waals surface area (Å²) in [6.45, 7) is 0. The highest BCUT2D eigenvalue weighted by atomic mass is 79.9. The van der Waals surface area contributed by atoms with Gasteiger partial charge in [-0.15, -0.1) is 45.9 Å². The normalized spacial score (nSPS) is 14.4. The van der Waals surface area contributed by atoms with Crippen LogP contribution in [0.3, 0.4) is 0 Å². The van der Waals surface area contributed by atoms with Crippen LogP contribution in [0.15, 0.2) is 31.8 Å². The van der Waals surface area contributed by atoms with E-state index in [9.17, 15) is 4.79 Å². The minimum Gasteiger partial charge on any atom is -0.292 e. The number of thiophene rings is 2. The van der Waals surface area contributed by atoms with Crippen molar-refractivity contribution >= 4 is 83.5 Å². The van der Waals surface area contributed by atoms with Crippen molar-refractivity contribution in [3.63, 3.8) is 0 Å². The van der Waals surface area contributed by atoms with E-state index in [0.717, 1.165) is 12.4 Å². The molecule has 0 saturated heterocycles. The maximum absolute atomic E-state index is 12.1. The third kappa shape index (κ3) is 3.38. The van der Waals surface area contributed by atoms with Gasteiger partial charge in [0, 0.05) is 4.88 Å². The molecule has 2 aromatic rings. The monoisotopic (exact) mass is 446 g/mol. The highest BCUT2D eigenvalue weighted by molar-refractivity contribution is 9.11. The number of hydrogen-bond acceptors (Lipinski definition) is 3. The predicted octanol–water partition coefficient (Wildman–Crippen LogP) is 6.10. The van der Waals surface area contributed by atoms with Crippen LogP contribution < -0.4 is 0 Å². The van der Waals surface area contributed by atoms with E-state index in [-0.39, 0.29) is 5.78 Å². The molecule has 2 heterocycles. The van der Waals surface area contributed by atoms with Gasteiger partial charge < -0.3 is 0 Å². The minimum atomic E-state index is -0.761. The average molecular weight is 449 g/mol. The first kappa shape index (κ1) is 15.0. The minimum absolute atomic E-state index is 0.142. The van der Waals surface area contributed by atoms with E-state index in [1.807, 2.05) is 18.2 Å². The zero-order valence-corrected chi connectivity index (χ0v) is 15.0. The molecular formula is C11H6Br2Cl2OS2. The third-order valence-electron chi connectivity index (χ3n) is 2.19. The largest absolute Gasteiger partial charge is 0.292 e. The summed E-state index contributed by atoms with van der Waals surface area (Å²) < 4.78 is 1.87. The molecule has 0 spiro atoms.